The molecule has 0 amide bonds. The molecule has 4 aromatic carbocycles. The van der Waals surface area contributed by atoms with Crippen LogP contribution in [-0.4, -0.2) is 0 Å². The summed E-state index contributed by atoms with van der Waals surface area (Å²) in [4.78, 5) is 0. The molecule has 0 N–H and O–H groups in total. The van der Waals surface area contributed by atoms with Gasteiger partial charge in [-0.3, -0.25) is 0 Å². The van der Waals surface area contributed by atoms with E-state index in [0.29, 0.717) is 0 Å². The minimum absolute atomic E-state index is 0.293. The standard InChI is InChI=1S/C25H17Br/c26-20-12-8-11-19(17-20)25(18-9-2-1-3-10-18)23-15-6-4-13-21(23)22-14-5-7-16-24(22)25/h1-17H. The summed E-state index contributed by atoms with van der Waals surface area (Å²) in [5.74, 6) is 0. The van der Waals surface area contributed by atoms with E-state index in [-0.39, 0.29) is 5.41 Å². The van der Waals surface area contributed by atoms with Crippen molar-refractivity contribution in [1.29, 1.82) is 0 Å². The predicted octanol–water partition coefficient (Wildman–Crippen LogP) is 6.81. The third-order valence-corrected chi connectivity index (χ3v) is 5.91. The molecule has 0 unspecified atom stereocenters. The van der Waals surface area contributed by atoms with Crippen molar-refractivity contribution in [2.45, 2.75) is 5.41 Å². The van der Waals surface area contributed by atoms with Gasteiger partial charge in [0.05, 0.1) is 5.41 Å². The Morgan fingerprint density at radius 2 is 1.04 bits per heavy atom. The van der Waals surface area contributed by atoms with Crippen molar-refractivity contribution >= 4 is 15.9 Å². The Kier molecular flexibility index (Phi) is 3.58. The fourth-order valence-corrected chi connectivity index (χ4v) is 4.83. The molecule has 0 bridgehead atoms. The molecule has 0 saturated carbocycles. The Morgan fingerprint density at radius 1 is 0.500 bits per heavy atom. The average molecular weight is 397 g/mol. The molecule has 4 aromatic rings. The van der Waals surface area contributed by atoms with Gasteiger partial charge in [-0.2, -0.15) is 0 Å². The van der Waals surface area contributed by atoms with Gasteiger partial charge in [0.25, 0.3) is 0 Å². The van der Waals surface area contributed by atoms with Crippen LogP contribution in [0.15, 0.2) is 108 Å². The summed E-state index contributed by atoms with van der Waals surface area (Å²) >= 11 is 3.69. The highest BCUT2D eigenvalue weighted by Gasteiger charge is 2.45. The first-order valence-corrected chi connectivity index (χ1v) is 9.62. The second-order valence-corrected chi connectivity index (χ2v) is 7.63. The van der Waals surface area contributed by atoms with E-state index in [4.69, 9.17) is 0 Å². The van der Waals surface area contributed by atoms with Gasteiger partial charge in [0.15, 0.2) is 0 Å². The van der Waals surface area contributed by atoms with Gasteiger partial charge >= 0.3 is 0 Å². The first kappa shape index (κ1) is 15.6. The van der Waals surface area contributed by atoms with E-state index >= 15 is 0 Å². The second-order valence-electron chi connectivity index (χ2n) is 6.72. The second kappa shape index (κ2) is 5.96. The van der Waals surface area contributed by atoms with Crippen LogP contribution in [0.1, 0.15) is 22.3 Å². The van der Waals surface area contributed by atoms with E-state index in [9.17, 15) is 0 Å². The van der Waals surface area contributed by atoms with Crippen LogP contribution in [0, 0.1) is 0 Å². The Hall–Kier alpha value is -2.64. The maximum atomic E-state index is 3.69. The van der Waals surface area contributed by atoms with E-state index in [2.05, 4.69) is 119 Å². The molecule has 0 aliphatic heterocycles. The van der Waals surface area contributed by atoms with Crippen LogP contribution in [0.4, 0.5) is 0 Å². The lowest BCUT2D eigenvalue weighted by Gasteiger charge is -2.34. The lowest BCUT2D eigenvalue weighted by atomic mass is 9.68. The largest absolute Gasteiger partial charge is 0.0713 e. The minimum atomic E-state index is -0.293. The third-order valence-electron chi connectivity index (χ3n) is 5.42. The van der Waals surface area contributed by atoms with Crippen molar-refractivity contribution in [2.24, 2.45) is 0 Å². The smallest absolute Gasteiger partial charge is 0.0622 e. The summed E-state index contributed by atoms with van der Waals surface area (Å²) in [5.41, 5.74) is 7.65. The highest BCUT2D eigenvalue weighted by atomic mass is 79.9. The van der Waals surface area contributed by atoms with E-state index < -0.39 is 0 Å². The van der Waals surface area contributed by atoms with Gasteiger partial charge in [0, 0.05) is 4.47 Å². The van der Waals surface area contributed by atoms with Crippen LogP contribution < -0.4 is 0 Å². The molecular weight excluding hydrogens is 380 g/mol. The molecular formula is C25H17Br. The van der Waals surface area contributed by atoms with Crippen molar-refractivity contribution in [3.05, 3.63) is 130 Å². The zero-order valence-electron chi connectivity index (χ0n) is 14.2. The van der Waals surface area contributed by atoms with Gasteiger partial charge < -0.3 is 0 Å². The molecule has 0 fully saturated rings. The molecule has 1 aliphatic rings. The van der Waals surface area contributed by atoms with E-state index in [1.54, 1.807) is 0 Å². The van der Waals surface area contributed by atoms with Crippen LogP contribution in [0.5, 0.6) is 0 Å². The Morgan fingerprint density at radius 3 is 1.65 bits per heavy atom. The van der Waals surface area contributed by atoms with Crippen molar-refractivity contribution in [3.63, 3.8) is 0 Å². The van der Waals surface area contributed by atoms with Gasteiger partial charge in [-0.1, -0.05) is 107 Å². The average Bonchev–Trinajstić information content (AvgIpc) is 3.00. The Labute approximate surface area is 162 Å². The van der Waals surface area contributed by atoms with Gasteiger partial charge in [-0.05, 0) is 45.5 Å². The van der Waals surface area contributed by atoms with E-state index in [1.165, 1.54) is 33.4 Å². The highest BCUT2D eigenvalue weighted by Crippen LogP contribution is 2.55. The zero-order chi connectivity index (χ0) is 17.6. The molecule has 0 aromatic heterocycles. The van der Waals surface area contributed by atoms with Crippen LogP contribution in [-0.2, 0) is 5.41 Å². The molecule has 1 aliphatic carbocycles. The van der Waals surface area contributed by atoms with E-state index in [1.807, 2.05) is 0 Å². The lowest BCUT2D eigenvalue weighted by molar-refractivity contribution is 0.768. The molecule has 5 rings (SSSR count). The zero-order valence-corrected chi connectivity index (χ0v) is 15.8. The van der Waals surface area contributed by atoms with Crippen molar-refractivity contribution < 1.29 is 0 Å². The molecule has 0 radical (unpaired) electrons. The molecule has 0 spiro atoms. The van der Waals surface area contributed by atoms with Crippen LogP contribution in [0.3, 0.4) is 0 Å². The first-order valence-electron chi connectivity index (χ1n) is 8.83. The maximum absolute atomic E-state index is 3.69. The summed E-state index contributed by atoms with van der Waals surface area (Å²) in [7, 11) is 0. The fourth-order valence-electron chi connectivity index (χ4n) is 4.43. The van der Waals surface area contributed by atoms with Gasteiger partial charge in [-0.25, -0.2) is 0 Å². The number of hydrogen-bond acceptors (Lipinski definition) is 0. The molecule has 1 heteroatoms. The molecule has 26 heavy (non-hydrogen) atoms. The van der Waals surface area contributed by atoms with E-state index in [0.717, 1.165) is 4.47 Å². The van der Waals surface area contributed by atoms with Gasteiger partial charge in [0.1, 0.15) is 0 Å². The topological polar surface area (TPSA) is 0 Å². The molecule has 0 nitrogen and oxygen atoms in total. The molecule has 0 atom stereocenters. The van der Waals surface area contributed by atoms with Crippen molar-refractivity contribution in [3.8, 4) is 11.1 Å². The summed E-state index contributed by atoms with van der Waals surface area (Å²) in [6.45, 7) is 0. The Bertz CT molecular complexity index is 1050. The quantitative estimate of drug-likeness (QED) is 0.307. The van der Waals surface area contributed by atoms with Crippen molar-refractivity contribution in [1.82, 2.24) is 0 Å². The monoisotopic (exact) mass is 396 g/mol. The summed E-state index contributed by atoms with van der Waals surface area (Å²) < 4.78 is 1.10. The maximum Gasteiger partial charge on any atom is 0.0713 e. The van der Waals surface area contributed by atoms with Gasteiger partial charge in [0.2, 0.25) is 0 Å². The van der Waals surface area contributed by atoms with Gasteiger partial charge in [-0.15, -0.1) is 0 Å². The SMILES string of the molecule is Brc1cccc(C2(c3ccccc3)c3ccccc3-c3ccccc32)c1. The predicted molar refractivity (Wildman–Crippen MR) is 111 cm³/mol. The fraction of sp³-hybridized carbons (Fsp3) is 0.0400. The normalized spacial score (nSPS) is 13.9. The lowest BCUT2D eigenvalue weighted by Crippen LogP contribution is -2.28. The molecule has 0 saturated heterocycles. The van der Waals surface area contributed by atoms with Crippen molar-refractivity contribution in [2.75, 3.05) is 0 Å². The summed E-state index contributed by atoms with van der Waals surface area (Å²) in [6.07, 6.45) is 0. The molecule has 124 valence electrons. The molecule has 0 heterocycles. The van der Waals surface area contributed by atoms with Crippen LogP contribution in [0.2, 0.25) is 0 Å². The number of benzene rings is 4. The van der Waals surface area contributed by atoms with Crippen LogP contribution >= 0.6 is 15.9 Å². The first-order chi connectivity index (χ1) is 12.8. The number of rotatable bonds is 2. The minimum Gasteiger partial charge on any atom is -0.0622 e. The highest BCUT2D eigenvalue weighted by molar-refractivity contribution is 9.10. The Balaban J connectivity index is 1.98. The summed E-state index contributed by atoms with van der Waals surface area (Å²) in [5, 5.41) is 0. The van der Waals surface area contributed by atoms with Crippen LogP contribution in [0.25, 0.3) is 11.1 Å². The number of hydrogen-bond donors (Lipinski definition) is 0. The summed E-state index contributed by atoms with van der Waals surface area (Å²) in [6, 6.07) is 37.2. The third kappa shape index (κ3) is 2.07. The number of halogens is 1. The number of fused-ring (bicyclic) bond motifs is 3.